The summed E-state index contributed by atoms with van der Waals surface area (Å²) in [4.78, 5) is 21.9. The number of carbonyl (C=O) groups is 1. The fraction of sp³-hybridized carbons (Fsp3) is 0.385. The number of thioether (sulfide) groups is 1. The summed E-state index contributed by atoms with van der Waals surface area (Å²) in [5.74, 6) is 1.33. The molecule has 0 spiro atoms. The molecule has 182 valence electrons. The monoisotopic (exact) mass is 490 g/mol. The molecule has 1 fully saturated rings. The van der Waals surface area contributed by atoms with Gasteiger partial charge >= 0.3 is 0 Å². The Hall–Kier alpha value is -3.17. The Labute approximate surface area is 209 Å². The van der Waals surface area contributed by atoms with E-state index in [-0.39, 0.29) is 5.91 Å². The van der Waals surface area contributed by atoms with Crippen LogP contribution in [0.15, 0.2) is 59.8 Å². The lowest BCUT2D eigenvalue weighted by molar-refractivity contribution is -0.130. The summed E-state index contributed by atoms with van der Waals surface area (Å²) in [6, 6.07) is 18.1. The van der Waals surface area contributed by atoms with E-state index in [2.05, 4.69) is 38.7 Å². The van der Waals surface area contributed by atoms with Crippen LogP contribution in [0, 0.1) is 0 Å². The second kappa shape index (κ2) is 11.0. The van der Waals surface area contributed by atoms with E-state index >= 15 is 0 Å². The molecule has 9 heteroatoms. The summed E-state index contributed by atoms with van der Waals surface area (Å²) in [5.41, 5.74) is 2.78. The third kappa shape index (κ3) is 5.41. The lowest BCUT2D eigenvalue weighted by Crippen LogP contribution is -2.50. The zero-order chi connectivity index (χ0) is 24.0. The summed E-state index contributed by atoms with van der Waals surface area (Å²) in [7, 11) is 0. The molecule has 0 N–H and O–H groups in total. The second-order valence-corrected chi connectivity index (χ2v) is 9.55. The van der Waals surface area contributed by atoms with Crippen LogP contribution in [-0.4, -0.2) is 80.5 Å². The van der Waals surface area contributed by atoms with Crippen molar-refractivity contribution in [3.63, 3.8) is 0 Å². The van der Waals surface area contributed by atoms with Crippen molar-refractivity contribution in [2.75, 3.05) is 45.1 Å². The number of aryl methyl sites for hydroxylation is 1. The average molecular weight is 491 g/mol. The molecule has 0 saturated carbocycles. The highest BCUT2D eigenvalue weighted by Gasteiger charge is 2.22. The van der Waals surface area contributed by atoms with Crippen LogP contribution in [0.4, 0.5) is 0 Å². The third-order valence-corrected chi connectivity index (χ3v) is 7.09. The van der Waals surface area contributed by atoms with Crippen LogP contribution in [0.1, 0.15) is 13.3 Å². The minimum Gasteiger partial charge on any atom is -0.492 e. The number of carbonyl (C=O) groups excluding carboxylic acids is 1. The van der Waals surface area contributed by atoms with Crippen molar-refractivity contribution >= 4 is 39.7 Å². The first-order valence-corrected chi connectivity index (χ1v) is 13.1. The number of para-hydroxylation sites is 2. The molecule has 1 amide bonds. The summed E-state index contributed by atoms with van der Waals surface area (Å²) in [6.07, 6.45) is 1.00. The lowest BCUT2D eigenvalue weighted by Gasteiger charge is -2.34. The SMILES string of the molecule is CCCn1c2ccccc2c2nnc(SCC(=O)N3CCN(CCOc4ccccc4)CC3)nc21. The van der Waals surface area contributed by atoms with E-state index in [9.17, 15) is 4.79 Å². The van der Waals surface area contributed by atoms with Gasteiger partial charge < -0.3 is 14.2 Å². The maximum atomic E-state index is 12.8. The van der Waals surface area contributed by atoms with E-state index in [1.807, 2.05) is 47.4 Å². The maximum absolute atomic E-state index is 12.8. The van der Waals surface area contributed by atoms with Crippen LogP contribution in [0.25, 0.3) is 22.1 Å². The lowest BCUT2D eigenvalue weighted by atomic mass is 10.2. The van der Waals surface area contributed by atoms with E-state index in [1.165, 1.54) is 11.8 Å². The summed E-state index contributed by atoms with van der Waals surface area (Å²) < 4.78 is 8.00. The van der Waals surface area contributed by atoms with Crippen LogP contribution >= 0.6 is 11.8 Å². The zero-order valence-corrected chi connectivity index (χ0v) is 20.8. The molecule has 1 aliphatic rings. The van der Waals surface area contributed by atoms with E-state index in [1.54, 1.807) is 0 Å². The number of ether oxygens (including phenoxy) is 1. The molecule has 4 aromatic rings. The van der Waals surface area contributed by atoms with Gasteiger partial charge in [-0.1, -0.05) is 55.1 Å². The van der Waals surface area contributed by atoms with Crippen molar-refractivity contribution in [1.29, 1.82) is 0 Å². The first-order valence-electron chi connectivity index (χ1n) is 12.2. The number of piperazine rings is 1. The number of hydrogen-bond donors (Lipinski definition) is 0. The molecule has 3 heterocycles. The van der Waals surface area contributed by atoms with Gasteiger partial charge in [-0.25, -0.2) is 4.98 Å². The number of amides is 1. The number of aromatic nitrogens is 4. The van der Waals surface area contributed by atoms with Gasteiger partial charge in [-0.05, 0) is 24.6 Å². The molecular formula is C26H30N6O2S. The molecule has 0 radical (unpaired) electrons. The molecule has 0 bridgehead atoms. The molecule has 2 aromatic heterocycles. The first kappa shape index (κ1) is 23.6. The predicted octanol–water partition coefficient (Wildman–Crippen LogP) is 3.70. The largest absolute Gasteiger partial charge is 0.492 e. The summed E-state index contributed by atoms with van der Waals surface area (Å²) >= 11 is 1.36. The molecule has 1 aliphatic heterocycles. The Balaban J connectivity index is 1.14. The standard InChI is InChI=1S/C26H30N6O2S/c1-2-12-32-22-11-7-6-10-21(22)24-25(32)27-26(29-28-24)35-19-23(33)31-15-13-30(14-16-31)17-18-34-20-8-4-3-5-9-20/h3-11H,2,12-19H2,1H3. The van der Waals surface area contributed by atoms with Crippen molar-refractivity contribution in [1.82, 2.24) is 29.5 Å². The van der Waals surface area contributed by atoms with Crippen molar-refractivity contribution in [2.45, 2.75) is 25.0 Å². The molecule has 0 aliphatic carbocycles. The maximum Gasteiger partial charge on any atom is 0.233 e. The molecule has 2 aromatic carbocycles. The van der Waals surface area contributed by atoms with Gasteiger partial charge in [-0.2, -0.15) is 0 Å². The minimum absolute atomic E-state index is 0.119. The smallest absolute Gasteiger partial charge is 0.233 e. The minimum atomic E-state index is 0.119. The highest BCUT2D eigenvalue weighted by atomic mass is 32.2. The van der Waals surface area contributed by atoms with E-state index < -0.39 is 0 Å². The Morgan fingerprint density at radius 3 is 2.54 bits per heavy atom. The topological polar surface area (TPSA) is 76.4 Å². The van der Waals surface area contributed by atoms with E-state index in [0.29, 0.717) is 17.5 Å². The van der Waals surface area contributed by atoms with Gasteiger partial charge in [0.15, 0.2) is 5.65 Å². The molecule has 0 atom stereocenters. The summed E-state index contributed by atoms with van der Waals surface area (Å²) in [6.45, 7) is 7.70. The van der Waals surface area contributed by atoms with Gasteiger partial charge in [0.25, 0.3) is 0 Å². The van der Waals surface area contributed by atoms with Gasteiger partial charge in [0.2, 0.25) is 11.1 Å². The van der Waals surface area contributed by atoms with Crippen LogP contribution in [-0.2, 0) is 11.3 Å². The highest BCUT2D eigenvalue weighted by Crippen LogP contribution is 2.27. The van der Waals surface area contributed by atoms with Crippen molar-refractivity contribution in [2.24, 2.45) is 0 Å². The molecule has 35 heavy (non-hydrogen) atoms. The van der Waals surface area contributed by atoms with Crippen LogP contribution < -0.4 is 4.74 Å². The molecule has 5 rings (SSSR count). The molecule has 0 unspecified atom stereocenters. The normalized spacial score (nSPS) is 14.6. The van der Waals surface area contributed by atoms with Gasteiger partial charge in [0.05, 0.1) is 11.3 Å². The molecule has 1 saturated heterocycles. The van der Waals surface area contributed by atoms with Gasteiger partial charge in [0.1, 0.15) is 17.9 Å². The second-order valence-electron chi connectivity index (χ2n) is 8.61. The van der Waals surface area contributed by atoms with Gasteiger partial charge in [0, 0.05) is 44.7 Å². The zero-order valence-electron chi connectivity index (χ0n) is 20.0. The number of rotatable bonds is 9. The quantitative estimate of drug-likeness (QED) is 0.331. The number of hydrogen-bond acceptors (Lipinski definition) is 7. The first-order chi connectivity index (χ1) is 17.2. The predicted molar refractivity (Wildman–Crippen MR) is 139 cm³/mol. The highest BCUT2D eigenvalue weighted by molar-refractivity contribution is 7.99. The number of fused-ring (bicyclic) bond motifs is 3. The Bertz CT molecular complexity index is 1290. The fourth-order valence-electron chi connectivity index (χ4n) is 4.45. The Morgan fingerprint density at radius 2 is 1.74 bits per heavy atom. The van der Waals surface area contributed by atoms with Crippen LogP contribution in [0.3, 0.4) is 0 Å². The number of nitrogens with zero attached hydrogens (tertiary/aromatic N) is 6. The average Bonchev–Trinajstić information content (AvgIpc) is 3.21. The third-order valence-electron chi connectivity index (χ3n) is 6.27. The van der Waals surface area contributed by atoms with Crippen molar-refractivity contribution in [3.05, 3.63) is 54.6 Å². The Kier molecular flexibility index (Phi) is 7.44. The van der Waals surface area contributed by atoms with Gasteiger partial charge in [-0.15, -0.1) is 10.2 Å². The fourth-order valence-corrected chi connectivity index (χ4v) is 5.13. The molecule has 8 nitrogen and oxygen atoms in total. The number of benzene rings is 2. The van der Waals surface area contributed by atoms with Crippen molar-refractivity contribution < 1.29 is 9.53 Å². The molecular weight excluding hydrogens is 460 g/mol. The van der Waals surface area contributed by atoms with Gasteiger partial charge in [-0.3, -0.25) is 9.69 Å². The van der Waals surface area contributed by atoms with Crippen LogP contribution in [0.2, 0.25) is 0 Å². The Morgan fingerprint density at radius 1 is 0.971 bits per heavy atom. The van der Waals surface area contributed by atoms with E-state index in [4.69, 9.17) is 9.72 Å². The van der Waals surface area contributed by atoms with Crippen LogP contribution in [0.5, 0.6) is 5.75 Å². The van der Waals surface area contributed by atoms with E-state index in [0.717, 1.165) is 73.5 Å². The summed E-state index contributed by atoms with van der Waals surface area (Å²) in [5, 5.41) is 10.4. The van der Waals surface area contributed by atoms with Crippen molar-refractivity contribution in [3.8, 4) is 5.75 Å².